The van der Waals surface area contributed by atoms with E-state index in [9.17, 15) is 4.79 Å². The highest BCUT2D eigenvalue weighted by Crippen LogP contribution is 2.17. The maximum atomic E-state index is 12.1. The molecule has 0 fully saturated rings. The van der Waals surface area contributed by atoms with E-state index in [4.69, 9.17) is 11.5 Å². The van der Waals surface area contributed by atoms with Crippen LogP contribution in [0.2, 0.25) is 0 Å². The lowest BCUT2D eigenvalue weighted by Gasteiger charge is -2.27. The van der Waals surface area contributed by atoms with Crippen molar-refractivity contribution >= 4 is 11.9 Å². The van der Waals surface area contributed by atoms with Crippen molar-refractivity contribution in [3.05, 3.63) is 35.4 Å². The normalized spacial score (nSPS) is 14.4. The van der Waals surface area contributed by atoms with Gasteiger partial charge in [-0.15, -0.1) is 0 Å². The topological polar surface area (TPSA) is 84.7 Å². The van der Waals surface area contributed by atoms with E-state index in [1.807, 2.05) is 24.3 Å². The Morgan fingerprint density at radius 1 is 1.35 bits per heavy atom. The zero-order valence-electron chi connectivity index (χ0n) is 9.60. The van der Waals surface area contributed by atoms with Gasteiger partial charge in [0.15, 0.2) is 5.96 Å². The predicted molar refractivity (Wildman–Crippen MR) is 66.7 cm³/mol. The third-order valence-corrected chi connectivity index (χ3v) is 2.85. The summed E-state index contributed by atoms with van der Waals surface area (Å²) in [6, 6.07) is 7.71. The summed E-state index contributed by atoms with van der Waals surface area (Å²) in [6.45, 7) is 1.75. The largest absolute Gasteiger partial charge is 0.370 e. The minimum Gasteiger partial charge on any atom is -0.370 e. The van der Waals surface area contributed by atoms with Gasteiger partial charge in [-0.2, -0.15) is 0 Å². The summed E-state index contributed by atoms with van der Waals surface area (Å²) in [7, 11) is 0. The molecule has 1 aliphatic rings. The first-order chi connectivity index (χ1) is 8.18. The van der Waals surface area contributed by atoms with E-state index in [0.29, 0.717) is 13.1 Å². The molecule has 0 radical (unpaired) electrons. The number of fused-ring (bicyclic) bond motifs is 1. The summed E-state index contributed by atoms with van der Waals surface area (Å²) in [5, 5.41) is 0. The fraction of sp³-hybridized carbons (Fsp3) is 0.333. The SMILES string of the molecule is NC(N)=NCCN1CCc2ccccc2C1=O. The highest BCUT2D eigenvalue weighted by atomic mass is 16.2. The van der Waals surface area contributed by atoms with Crippen LogP contribution in [-0.2, 0) is 6.42 Å². The Morgan fingerprint density at radius 3 is 2.88 bits per heavy atom. The van der Waals surface area contributed by atoms with Gasteiger partial charge in [-0.25, -0.2) is 0 Å². The van der Waals surface area contributed by atoms with Crippen LogP contribution >= 0.6 is 0 Å². The molecule has 2 rings (SSSR count). The summed E-state index contributed by atoms with van der Waals surface area (Å²) in [4.78, 5) is 17.8. The van der Waals surface area contributed by atoms with E-state index < -0.39 is 0 Å². The smallest absolute Gasteiger partial charge is 0.254 e. The average Bonchev–Trinajstić information content (AvgIpc) is 2.32. The number of nitrogens with zero attached hydrogens (tertiary/aromatic N) is 2. The zero-order valence-corrected chi connectivity index (χ0v) is 9.60. The summed E-state index contributed by atoms with van der Waals surface area (Å²) in [5.74, 6) is 0.132. The van der Waals surface area contributed by atoms with Crippen molar-refractivity contribution in [2.24, 2.45) is 16.5 Å². The summed E-state index contributed by atoms with van der Waals surface area (Å²) < 4.78 is 0. The number of nitrogens with two attached hydrogens (primary N) is 2. The van der Waals surface area contributed by atoms with Crippen LogP contribution in [0.1, 0.15) is 15.9 Å². The molecule has 0 unspecified atom stereocenters. The van der Waals surface area contributed by atoms with Crippen LogP contribution in [0.4, 0.5) is 0 Å². The summed E-state index contributed by atoms with van der Waals surface area (Å²) in [6.07, 6.45) is 0.893. The van der Waals surface area contributed by atoms with Crippen LogP contribution < -0.4 is 11.5 Å². The third kappa shape index (κ3) is 2.55. The predicted octanol–water partition coefficient (Wildman–Crippen LogP) is -0.0417. The number of benzene rings is 1. The fourth-order valence-electron chi connectivity index (χ4n) is 1.99. The van der Waals surface area contributed by atoms with Gasteiger partial charge in [0.05, 0.1) is 6.54 Å². The standard InChI is InChI=1S/C12H16N4O/c13-12(14)15-6-8-16-7-5-9-3-1-2-4-10(9)11(16)17/h1-4H,5-8H2,(H4,13,14,15). The lowest BCUT2D eigenvalue weighted by atomic mass is 9.99. The number of carbonyl (C=O) groups excluding carboxylic acids is 1. The molecule has 5 heteroatoms. The Kier molecular flexibility index (Phi) is 3.27. The minimum atomic E-state index is 0.0647. The number of hydrogen-bond acceptors (Lipinski definition) is 2. The van der Waals surface area contributed by atoms with E-state index >= 15 is 0 Å². The number of guanidine groups is 1. The Labute approximate surface area is 100 Å². The van der Waals surface area contributed by atoms with Gasteiger partial charge >= 0.3 is 0 Å². The molecule has 1 aromatic rings. The number of aliphatic imine (C=N–C) groups is 1. The highest BCUT2D eigenvalue weighted by Gasteiger charge is 2.22. The molecule has 1 aliphatic heterocycles. The van der Waals surface area contributed by atoms with Crippen LogP contribution in [0.25, 0.3) is 0 Å². The van der Waals surface area contributed by atoms with Gasteiger partial charge < -0.3 is 16.4 Å². The second-order valence-electron chi connectivity index (χ2n) is 4.01. The maximum absolute atomic E-state index is 12.1. The maximum Gasteiger partial charge on any atom is 0.254 e. The molecule has 4 N–H and O–H groups in total. The van der Waals surface area contributed by atoms with Crippen molar-refractivity contribution in [1.82, 2.24) is 4.90 Å². The second kappa shape index (κ2) is 4.86. The van der Waals surface area contributed by atoms with Crippen molar-refractivity contribution in [3.63, 3.8) is 0 Å². The lowest BCUT2D eigenvalue weighted by Crippen LogP contribution is -2.39. The van der Waals surface area contributed by atoms with Crippen LogP contribution in [0.15, 0.2) is 29.3 Å². The Balaban J connectivity index is 2.05. The first-order valence-corrected chi connectivity index (χ1v) is 5.61. The molecule has 17 heavy (non-hydrogen) atoms. The fourth-order valence-corrected chi connectivity index (χ4v) is 1.99. The van der Waals surface area contributed by atoms with Crippen LogP contribution in [0.3, 0.4) is 0 Å². The highest BCUT2D eigenvalue weighted by molar-refractivity contribution is 5.96. The van der Waals surface area contributed by atoms with E-state index in [1.165, 1.54) is 0 Å². The Bertz CT molecular complexity index is 452. The number of hydrogen-bond donors (Lipinski definition) is 2. The molecule has 0 saturated heterocycles. The molecule has 5 nitrogen and oxygen atoms in total. The van der Waals surface area contributed by atoms with Crippen molar-refractivity contribution in [2.75, 3.05) is 19.6 Å². The molecular weight excluding hydrogens is 216 g/mol. The van der Waals surface area contributed by atoms with Gasteiger partial charge in [0.25, 0.3) is 5.91 Å². The van der Waals surface area contributed by atoms with Crippen molar-refractivity contribution < 1.29 is 4.79 Å². The van der Waals surface area contributed by atoms with Gasteiger partial charge in [-0.3, -0.25) is 9.79 Å². The molecular formula is C12H16N4O. The molecule has 0 spiro atoms. The quantitative estimate of drug-likeness (QED) is 0.566. The van der Waals surface area contributed by atoms with Gasteiger partial charge in [-0.05, 0) is 18.1 Å². The van der Waals surface area contributed by atoms with Crippen LogP contribution in [-0.4, -0.2) is 36.4 Å². The molecule has 0 aromatic heterocycles. The van der Waals surface area contributed by atoms with Gasteiger partial charge in [0.1, 0.15) is 0 Å². The number of amides is 1. The Morgan fingerprint density at radius 2 is 2.12 bits per heavy atom. The molecule has 1 amide bonds. The van der Waals surface area contributed by atoms with E-state index in [0.717, 1.165) is 24.1 Å². The summed E-state index contributed by atoms with van der Waals surface area (Å²) >= 11 is 0. The molecule has 0 atom stereocenters. The third-order valence-electron chi connectivity index (χ3n) is 2.85. The summed E-state index contributed by atoms with van der Waals surface area (Å²) in [5.41, 5.74) is 12.4. The van der Waals surface area contributed by atoms with Gasteiger partial charge in [0, 0.05) is 18.7 Å². The second-order valence-corrected chi connectivity index (χ2v) is 4.01. The van der Waals surface area contributed by atoms with Crippen LogP contribution in [0.5, 0.6) is 0 Å². The Hall–Kier alpha value is -2.04. The van der Waals surface area contributed by atoms with Crippen molar-refractivity contribution in [2.45, 2.75) is 6.42 Å². The molecule has 0 saturated carbocycles. The van der Waals surface area contributed by atoms with Crippen LogP contribution in [0, 0.1) is 0 Å². The number of carbonyl (C=O) groups is 1. The average molecular weight is 232 g/mol. The lowest BCUT2D eigenvalue weighted by molar-refractivity contribution is 0.0745. The molecule has 0 bridgehead atoms. The minimum absolute atomic E-state index is 0.0647. The van der Waals surface area contributed by atoms with E-state index in [1.54, 1.807) is 4.90 Å². The van der Waals surface area contributed by atoms with Crippen molar-refractivity contribution in [1.29, 1.82) is 0 Å². The zero-order chi connectivity index (χ0) is 12.3. The molecule has 0 aliphatic carbocycles. The molecule has 90 valence electrons. The van der Waals surface area contributed by atoms with E-state index in [-0.39, 0.29) is 11.9 Å². The van der Waals surface area contributed by atoms with Crippen molar-refractivity contribution in [3.8, 4) is 0 Å². The first-order valence-electron chi connectivity index (χ1n) is 5.61. The molecule has 1 heterocycles. The monoisotopic (exact) mass is 232 g/mol. The van der Waals surface area contributed by atoms with Gasteiger partial charge in [0.2, 0.25) is 0 Å². The first kappa shape index (κ1) is 11.4. The number of rotatable bonds is 3. The van der Waals surface area contributed by atoms with Gasteiger partial charge in [-0.1, -0.05) is 18.2 Å². The molecule has 1 aromatic carbocycles. The van der Waals surface area contributed by atoms with E-state index in [2.05, 4.69) is 4.99 Å².